The minimum atomic E-state index is 0.0269. The first-order valence-electron chi connectivity index (χ1n) is 6.96. The van der Waals surface area contributed by atoms with Crippen LogP contribution in [0.1, 0.15) is 42.9 Å². The summed E-state index contributed by atoms with van der Waals surface area (Å²) < 4.78 is 0. The molecule has 0 unspecified atom stereocenters. The zero-order chi connectivity index (χ0) is 12.4. The second kappa shape index (κ2) is 5.11. The topological polar surface area (TPSA) is 41.1 Å². The Bertz CT molecular complexity index is 438. The summed E-state index contributed by atoms with van der Waals surface area (Å²) >= 11 is 0. The van der Waals surface area contributed by atoms with E-state index in [2.05, 4.69) is 34.9 Å². The van der Waals surface area contributed by atoms with Gasteiger partial charge in [-0.2, -0.15) is 0 Å². The largest absolute Gasteiger partial charge is 0.348 e. The summed E-state index contributed by atoms with van der Waals surface area (Å²) in [7, 11) is 0. The van der Waals surface area contributed by atoms with Crippen LogP contribution in [0.3, 0.4) is 0 Å². The van der Waals surface area contributed by atoms with E-state index in [9.17, 15) is 4.79 Å². The van der Waals surface area contributed by atoms with Gasteiger partial charge in [0, 0.05) is 0 Å². The number of benzene rings is 1. The molecule has 2 aliphatic rings. The highest BCUT2D eigenvalue weighted by atomic mass is 16.2. The summed E-state index contributed by atoms with van der Waals surface area (Å²) in [6.07, 6.45) is 5.46. The maximum atomic E-state index is 12.1. The minimum absolute atomic E-state index is 0.0269. The highest BCUT2D eigenvalue weighted by Crippen LogP contribution is 2.29. The van der Waals surface area contributed by atoms with Crippen LogP contribution in [0.4, 0.5) is 0 Å². The number of rotatable bonds is 2. The van der Waals surface area contributed by atoms with Gasteiger partial charge in [-0.1, -0.05) is 24.3 Å². The molecule has 0 spiro atoms. The van der Waals surface area contributed by atoms with Gasteiger partial charge in [0.25, 0.3) is 0 Å². The Morgan fingerprint density at radius 2 is 2.11 bits per heavy atom. The van der Waals surface area contributed by atoms with E-state index in [0.717, 1.165) is 32.2 Å². The maximum absolute atomic E-state index is 12.1. The van der Waals surface area contributed by atoms with Crippen molar-refractivity contribution in [1.29, 1.82) is 0 Å². The van der Waals surface area contributed by atoms with Gasteiger partial charge in [0.2, 0.25) is 5.91 Å². The average Bonchev–Trinajstić information content (AvgIpc) is 2.93. The Kier molecular flexibility index (Phi) is 3.33. The number of aryl methyl sites for hydroxylation is 1. The number of hydrogen-bond acceptors (Lipinski definition) is 2. The molecule has 1 aromatic rings. The fraction of sp³-hybridized carbons (Fsp3) is 0.533. The molecule has 1 saturated heterocycles. The van der Waals surface area contributed by atoms with E-state index in [1.165, 1.54) is 17.5 Å². The van der Waals surface area contributed by atoms with Crippen molar-refractivity contribution in [1.82, 2.24) is 10.6 Å². The molecular formula is C15H20N2O. The van der Waals surface area contributed by atoms with Gasteiger partial charge in [0.1, 0.15) is 0 Å². The number of carbonyl (C=O) groups is 1. The summed E-state index contributed by atoms with van der Waals surface area (Å²) in [6.45, 7) is 0.972. The van der Waals surface area contributed by atoms with Gasteiger partial charge in [0.15, 0.2) is 0 Å². The molecule has 0 radical (unpaired) electrons. The Labute approximate surface area is 108 Å². The molecule has 2 N–H and O–H groups in total. The van der Waals surface area contributed by atoms with Gasteiger partial charge < -0.3 is 10.6 Å². The van der Waals surface area contributed by atoms with Crippen molar-refractivity contribution in [3.63, 3.8) is 0 Å². The summed E-state index contributed by atoms with van der Waals surface area (Å²) in [5, 5.41) is 6.47. The van der Waals surface area contributed by atoms with Crippen molar-refractivity contribution in [3.05, 3.63) is 35.4 Å². The van der Waals surface area contributed by atoms with E-state index in [1.807, 2.05) is 0 Å². The maximum Gasteiger partial charge on any atom is 0.237 e. The Balaban J connectivity index is 1.72. The molecule has 2 atom stereocenters. The molecule has 1 aromatic carbocycles. The number of nitrogens with one attached hydrogen (secondary N) is 2. The van der Waals surface area contributed by atoms with Crippen molar-refractivity contribution < 1.29 is 4.79 Å². The molecule has 1 fully saturated rings. The predicted molar refractivity (Wildman–Crippen MR) is 71.3 cm³/mol. The molecule has 1 aliphatic carbocycles. The third-order valence-electron chi connectivity index (χ3n) is 4.06. The van der Waals surface area contributed by atoms with Gasteiger partial charge in [-0.15, -0.1) is 0 Å². The lowest BCUT2D eigenvalue weighted by Crippen LogP contribution is -2.42. The lowest BCUT2D eigenvalue weighted by atomic mass is 9.87. The minimum Gasteiger partial charge on any atom is -0.348 e. The average molecular weight is 244 g/mol. The van der Waals surface area contributed by atoms with E-state index < -0.39 is 0 Å². The normalized spacial score (nSPS) is 26.7. The molecule has 3 nitrogen and oxygen atoms in total. The van der Waals surface area contributed by atoms with E-state index in [4.69, 9.17) is 0 Å². The van der Waals surface area contributed by atoms with Crippen molar-refractivity contribution in [3.8, 4) is 0 Å². The Morgan fingerprint density at radius 1 is 1.22 bits per heavy atom. The number of carbonyl (C=O) groups excluding carboxylic acids is 1. The van der Waals surface area contributed by atoms with Gasteiger partial charge >= 0.3 is 0 Å². The van der Waals surface area contributed by atoms with Gasteiger partial charge in [0.05, 0.1) is 12.1 Å². The fourth-order valence-corrected chi connectivity index (χ4v) is 3.08. The van der Waals surface area contributed by atoms with Crippen LogP contribution in [0.15, 0.2) is 24.3 Å². The predicted octanol–water partition coefficient (Wildman–Crippen LogP) is 1.93. The van der Waals surface area contributed by atoms with Gasteiger partial charge in [-0.3, -0.25) is 4.79 Å². The first-order valence-corrected chi connectivity index (χ1v) is 6.96. The van der Waals surface area contributed by atoms with Gasteiger partial charge in [-0.05, 0) is 49.8 Å². The van der Waals surface area contributed by atoms with Crippen molar-refractivity contribution in [2.75, 3.05) is 6.54 Å². The van der Waals surface area contributed by atoms with Crippen LogP contribution < -0.4 is 10.6 Å². The molecule has 3 rings (SSSR count). The molecule has 1 aliphatic heterocycles. The molecule has 0 aromatic heterocycles. The van der Waals surface area contributed by atoms with Gasteiger partial charge in [-0.25, -0.2) is 0 Å². The lowest BCUT2D eigenvalue weighted by molar-refractivity contribution is -0.123. The second-order valence-corrected chi connectivity index (χ2v) is 5.30. The van der Waals surface area contributed by atoms with E-state index in [-0.39, 0.29) is 18.0 Å². The Hall–Kier alpha value is -1.35. The van der Waals surface area contributed by atoms with Crippen LogP contribution in [0.2, 0.25) is 0 Å². The van der Waals surface area contributed by atoms with Crippen LogP contribution in [0.5, 0.6) is 0 Å². The highest BCUT2D eigenvalue weighted by molar-refractivity contribution is 5.82. The van der Waals surface area contributed by atoms with Crippen LogP contribution in [0, 0.1) is 0 Å². The van der Waals surface area contributed by atoms with Crippen molar-refractivity contribution in [2.45, 2.75) is 44.2 Å². The number of hydrogen-bond donors (Lipinski definition) is 2. The molecule has 0 bridgehead atoms. The smallest absolute Gasteiger partial charge is 0.237 e. The third kappa shape index (κ3) is 2.27. The standard InChI is InChI=1S/C15H20N2O/c18-15(14-9-4-10-16-14)17-13-8-3-6-11-5-1-2-7-12(11)13/h1-2,5,7,13-14,16H,3-4,6,8-10H2,(H,17,18)/t13-,14+/m1/s1. The summed E-state index contributed by atoms with van der Waals surface area (Å²) in [5.41, 5.74) is 2.71. The molecule has 1 amide bonds. The number of fused-ring (bicyclic) bond motifs is 1. The number of amides is 1. The molecule has 3 heteroatoms. The van der Waals surface area contributed by atoms with Crippen LogP contribution in [-0.2, 0) is 11.2 Å². The molecule has 96 valence electrons. The van der Waals surface area contributed by atoms with E-state index >= 15 is 0 Å². The molecule has 0 saturated carbocycles. The van der Waals surface area contributed by atoms with Crippen LogP contribution in [-0.4, -0.2) is 18.5 Å². The van der Waals surface area contributed by atoms with E-state index in [0.29, 0.717) is 0 Å². The van der Waals surface area contributed by atoms with E-state index in [1.54, 1.807) is 0 Å². The summed E-state index contributed by atoms with van der Waals surface area (Å²) in [4.78, 5) is 12.1. The first kappa shape index (κ1) is 11.7. The van der Waals surface area contributed by atoms with Crippen molar-refractivity contribution in [2.24, 2.45) is 0 Å². The fourth-order valence-electron chi connectivity index (χ4n) is 3.08. The van der Waals surface area contributed by atoms with Crippen LogP contribution >= 0.6 is 0 Å². The summed E-state index contributed by atoms with van der Waals surface area (Å²) in [5.74, 6) is 0.175. The second-order valence-electron chi connectivity index (χ2n) is 5.30. The zero-order valence-electron chi connectivity index (χ0n) is 10.6. The SMILES string of the molecule is O=C(N[C@@H]1CCCc2ccccc21)[C@@H]1CCCN1. The van der Waals surface area contributed by atoms with Crippen LogP contribution in [0.25, 0.3) is 0 Å². The lowest BCUT2D eigenvalue weighted by Gasteiger charge is -2.27. The zero-order valence-corrected chi connectivity index (χ0v) is 10.6. The molecule has 18 heavy (non-hydrogen) atoms. The first-order chi connectivity index (χ1) is 8.84. The summed E-state index contributed by atoms with van der Waals surface area (Å²) in [6, 6.07) is 8.73. The monoisotopic (exact) mass is 244 g/mol. The molecule has 1 heterocycles. The molecular weight excluding hydrogens is 224 g/mol. The highest BCUT2D eigenvalue weighted by Gasteiger charge is 2.26. The Morgan fingerprint density at radius 3 is 2.94 bits per heavy atom. The third-order valence-corrected chi connectivity index (χ3v) is 4.06. The quantitative estimate of drug-likeness (QED) is 0.834. The van der Waals surface area contributed by atoms with Crippen molar-refractivity contribution >= 4 is 5.91 Å².